The molecule has 61 heavy (non-hydrogen) atoms. The summed E-state index contributed by atoms with van der Waals surface area (Å²) >= 11 is 0.529. The number of thioether (sulfide) groups is 1. The first kappa shape index (κ1) is 43.3. The Morgan fingerprint density at radius 3 is 2.26 bits per heavy atom. The summed E-state index contributed by atoms with van der Waals surface area (Å²) in [5, 5.41) is 26.8. The summed E-state index contributed by atoms with van der Waals surface area (Å²) in [7, 11) is 0. The van der Waals surface area contributed by atoms with Gasteiger partial charge in [-0.1, -0.05) is 13.0 Å². The Hall–Kier alpha value is -5.79. The Morgan fingerprint density at radius 2 is 1.64 bits per heavy atom. The Labute approximate surface area is 354 Å². The lowest BCUT2D eigenvalue weighted by Crippen LogP contribution is -2.46. The molecule has 2 aliphatic rings. The number of halogens is 2. The fourth-order valence-electron chi connectivity index (χ4n) is 7.89. The van der Waals surface area contributed by atoms with Gasteiger partial charge in [-0.25, -0.2) is 27.6 Å². The first-order valence-corrected chi connectivity index (χ1v) is 21.1. The van der Waals surface area contributed by atoms with Crippen molar-refractivity contribution in [2.24, 2.45) is 5.92 Å². The number of aromatic nitrogens is 6. The van der Waals surface area contributed by atoms with Gasteiger partial charge < -0.3 is 34.2 Å². The molecule has 2 N–H and O–H groups in total. The number of carboxylic acids is 1. The van der Waals surface area contributed by atoms with Gasteiger partial charge in [-0.2, -0.15) is 9.67 Å². The summed E-state index contributed by atoms with van der Waals surface area (Å²) < 4.78 is 53.1. The quantitative estimate of drug-likeness (QED) is 0.101. The minimum atomic E-state index is -1.21. The number of ether oxygens (including phenoxy) is 3. The Kier molecular flexibility index (Phi) is 13.4. The molecule has 0 spiro atoms. The van der Waals surface area contributed by atoms with Crippen LogP contribution in [0.1, 0.15) is 51.4 Å². The first-order valence-electron chi connectivity index (χ1n) is 20.1. The highest BCUT2D eigenvalue weighted by Gasteiger charge is 2.46. The number of aliphatic hydroxyl groups is 1. The first-order chi connectivity index (χ1) is 29.3. The van der Waals surface area contributed by atoms with Crippen molar-refractivity contribution in [2.75, 3.05) is 54.9 Å². The molecule has 1 unspecified atom stereocenters. The van der Waals surface area contributed by atoms with E-state index in [0.29, 0.717) is 42.6 Å². The van der Waals surface area contributed by atoms with Crippen LogP contribution in [0.15, 0.2) is 90.5 Å². The summed E-state index contributed by atoms with van der Waals surface area (Å²) in [5.74, 6) is -2.49. The van der Waals surface area contributed by atoms with Crippen molar-refractivity contribution in [2.45, 2.75) is 64.1 Å². The number of hydrogen-bond acceptors (Lipinski definition) is 12. The van der Waals surface area contributed by atoms with Crippen molar-refractivity contribution in [1.29, 1.82) is 0 Å². The van der Waals surface area contributed by atoms with Gasteiger partial charge in [0, 0.05) is 67.1 Å². The molecule has 0 aliphatic carbocycles. The molecule has 19 heteroatoms. The van der Waals surface area contributed by atoms with Crippen molar-refractivity contribution >= 4 is 34.4 Å². The summed E-state index contributed by atoms with van der Waals surface area (Å²) in [6.45, 7) is 9.00. The monoisotopic (exact) mass is 863 g/mol. The Bertz CT molecular complexity index is 2350. The topological polar surface area (TPSA) is 170 Å². The molecule has 0 amide bonds. The predicted octanol–water partition coefficient (Wildman–Crippen LogP) is 4.94. The van der Waals surface area contributed by atoms with Crippen LogP contribution in [0.3, 0.4) is 0 Å². The fraction of sp³-hybridized carbons (Fsp3) is 0.429. The molecule has 324 valence electrons. The fourth-order valence-corrected chi connectivity index (χ4v) is 8.34. The highest BCUT2D eigenvalue weighted by molar-refractivity contribution is 8.13. The lowest BCUT2D eigenvalue weighted by atomic mass is 9.87. The smallest absolute Gasteiger partial charge is 0.370 e. The van der Waals surface area contributed by atoms with Crippen LogP contribution in [0.25, 0.3) is 5.69 Å². The van der Waals surface area contributed by atoms with E-state index >= 15 is 4.39 Å². The molecule has 0 saturated carbocycles. The highest BCUT2D eigenvalue weighted by Crippen LogP contribution is 2.42. The number of nitrogens with zero attached hydrogens (tertiary/aromatic N) is 8. The molecule has 3 aromatic carbocycles. The van der Waals surface area contributed by atoms with Crippen LogP contribution >= 0.6 is 11.8 Å². The minimum Gasteiger partial charge on any atom is -0.493 e. The number of carbonyl (C=O) groups excluding carboxylic acids is 1. The van der Waals surface area contributed by atoms with Crippen LogP contribution in [-0.4, -0.2) is 96.9 Å². The maximum Gasteiger partial charge on any atom is 0.370 e. The molecular weight excluding hydrogens is 815 g/mol. The average molecular weight is 864 g/mol. The second kappa shape index (κ2) is 18.9. The molecule has 2 aromatic heterocycles. The molecule has 7 rings (SSSR count). The van der Waals surface area contributed by atoms with Gasteiger partial charge in [0.1, 0.15) is 41.6 Å². The molecule has 2 saturated heterocycles. The summed E-state index contributed by atoms with van der Waals surface area (Å²) in [6.07, 6.45) is 3.93. The van der Waals surface area contributed by atoms with E-state index in [0.717, 1.165) is 43.6 Å². The SMILES string of the molecule is CC[C@@H]([C@H](C)O)n1ncn(-c2ccc(N3CCN(c4ccc(OC[C@@H]5CO[C@@](Cn6c[n+](C(C)OC(=O)SCC(=O)O)cn6)(c6ccc(F)cc6F)C5)cc4)CC3)cc2)c1=O. The van der Waals surface area contributed by atoms with E-state index < -0.39 is 46.6 Å². The molecule has 5 atom stereocenters. The number of rotatable bonds is 16. The molecule has 16 nitrogen and oxygen atoms in total. The summed E-state index contributed by atoms with van der Waals surface area (Å²) in [6, 6.07) is 18.7. The normalized spacial score (nSPS) is 19.4. The number of carbonyl (C=O) groups is 2. The number of carboxylic acid groups (broad SMARTS) is 1. The lowest BCUT2D eigenvalue weighted by molar-refractivity contribution is -0.753. The zero-order valence-electron chi connectivity index (χ0n) is 34.0. The standard InChI is InChI=1S/C42H48F2N8O8S/c1-4-38(28(2)53)52-40(56)51(26-46-52)34-8-6-32(7-9-34)47-15-17-48(18-16-47)33-10-12-35(13-11-33)58-21-30-20-42(59-22-30,36-14-5-31(43)19-37(36)44)24-50-27-49(25-45-50)29(3)60-41(57)61-23-39(54)55/h5-14,19,25-30,38,53H,4,15-18,20-24H2,1-3H3/p+1/t28-,29?,30+,38-,42-/m0/s1. The van der Waals surface area contributed by atoms with Gasteiger partial charge in [0.15, 0.2) is 0 Å². The Morgan fingerprint density at radius 1 is 0.984 bits per heavy atom. The maximum atomic E-state index is 15.4. The van der Waals surface area contributed by atoms with Crippen LogP contribution in [-0.2, 0) is 26.4 Å². The number of benzene rings is 3. The van der Waals surface area contributed by atoms with E-state index in [1.807, 2.05) is 55.5 Å². The van der Waals surface area contributed by atoms with Gasteiger partial charge >= 0.3 is 17.0 Å². The van der Waals surface area contributed by atoms with Crippen LogP contribution < -0.4 is 24.8 Å². The summed E-state index contributed by atoms with van der Waals surface area (Å²) in [5.41, 5.74) is 1.52. The maximum absolute atomic E-state index is 15.4. The number of piperazine rings is 1. The number of aliphatic hydroxyl groups excluding tert-OH is 1. The Balaban J connectivity index is 0.928. The van der Waals surface area contributed by atoms with E-state index in [9.17, 15) is 23.9 Å². The molecule has 2 fully saturated rings. The van der Waals surface area contributed by atoms with E-state index in [-0.39, 0.29) is 36.4 Å². The van der Waals surface area contributed by atoms with Crippen LogP contribution in [0, 0.1) is 17.6 Å². The highest BCUT2D eigenvalue weighted by atomic mass is 32.2. The second-order valence-electron chi connectivity index (χ2n) is 15.3. The van der Waals surface area contributed by atoms with Crippen molar-refractivity contribution in [3.63, 3.8) is 0 Å². The number of hydrogen-bond donors (Lipinski definition) is 2. The summed E-state index contributed by atoms with van der Waals surface area (Å²) in [4.78, 5) is 40.5. The van der Waals surface area contributed by atoms with Crippen molar-refractivity contribution < 1.29 is 47.4 Å². The van der Waals surface area contributed by atoms with Gasteiger partial charge in [-0.3, -0.25) is 4.79 Å². The molecule has 2 aliphatic heterocycles. The van der Waals surface area contributed by atoms with E-state index in [1.165, 1.54) is 43.3 Å². The van der Waals surface area contributed by atoms with Gasteiger partial charge in [0.05, 0.1) is 31.0 Å². The van der Waals surface area contributed by atoms with Gasteiger partial charge in [0.25, 0.3) is 6.33 Å². The van der Waals surface area contributed by atoms with E-state index in [1.54, 1.807) is 20.2 Å². The zero-order chi connectivity index (χ0) is 43.3. The van der Waals surface area contributed by atoms with E-state index in [2.05, 4.69) is 20.0 Å². The lowest BCUT2D eigenvalue weighted by Gasteiger charge is -2.37. The zero-order valence-corrected chi connectivity index (χ0v) is 34.9. The molecular formula is C42H49F2N8O8S+. The van der Waals surface area contributed by atoms with Gasteiger partial charge in [0.2, 0.25) is 12.6 Å². The van der Waals surface area contributed by atoms with Crippen LogP contribution in [0.5, 0.6) is 5.75 Å². The molecule has 4 heterocycles. The molecule has 5 aromatic rings. The number of anilines is 2. The molecule has 0 radical (unpaired) electrons. The minimum absolute atomic E-state index is 0.0690. The van der Waals surface area contributed by atoms with Crippen LogP contribution in [0.2, 0.25) is 0 Å². The van der Waals surface area contributed by atoms with Gasteiger partial charge in [-0.05, 0) is 86.1 Å². The van der Waals surface area contributed by atoms with Crippen molar-refractivity contribution in [1.82, 2.24) is 24.1 Å². The third kappa shape index (κ3) is 10.1. The second-order valence-corrected chi connectivity index (χ2v) is 16.2. The van der Waals surface area contributed by atoms with Crippen molar-refractivity contribution in [3.8, 4) is 11.4 Å². The average Bonchev–Trinajstić information content (AvgIpc) is 3.99. The number of aliphatic carboxylic acids is 1. The van der Waals surface area contributed by atoms with Crippen molar-refractivity contribution in [3.05, 3.63) is 113 Å². The largest absolute Gasteiger partial charge is 0.493 e. The predicted molar refractivity (Wildman–Crippen MR) is 221 cm³/mol. The third-order valence-electron chi connectivity index (χ3n) is 11.1. The van der Waals surface area contributed by atoms with E-state index in [4.69, 9.17) is 19.3 Å². The van der Waals surface area contributed by atoms with Gasteiger partial charge in [-0.15, -0.1) is 4.68 Å². The third-order valence-corrected chi connectivity index (χ3v) is 11.8. The molecule has 0 bridgehead atoms. The van der Waals surface area contributed by atoms with Crippen LogP contribution in [0.4, 0.5) is 25.0 Å².